The summed E-state index contributed by atoms with van der Waals surface area (Å²) in [5.41, 5.74) is -0.674. The number of ether oxygens (including phenoxy) is 1. The number of esters is 1. The molecule has 23 heavy (non-hydrogen) atoms. The molecule has 3 aromatic rings. The Morgan fingerprint density at radius 1 is 1.22 bits per heavy atom. The van der Waals surface area contributed by atoms with Gasteiger partial charge in [0.25, 0.3) is 0 Å². The average molecular weight is 393 g/mol. The number of benzene rings is 1. The SMILES string of the molecule is O=C(COC(=O)c1cc2cc(Br)ccc2oc1=O)c1cccs1. The maximum atomic E-state index is 12.0. The first-order valence-corrected chi connectivity index (χ1v) is 8.19. The fraction of sp³-hybridized carbons (Fsp3) is 0.0625. The highest BCUT2D eigenvalue weighted by Crippen LogP contribution is 2.19. The monoisotopic (exact) mass is 392 g/mol. The highest BCUT2D eigenvalue weighted by Gasteiger charge is 2.17. The average Bonchev–Trinajstić information content (AvgIpc) is 3.06. The van der Waals surface area contributed by atoms with Crippen LogP contribution in [0, 0.1) is 0 Å². The van der Waals surface area contributed by atoms with Crippen LogP contribution in [0.15, 0.2) is 55.5 Å². The molecule has 0 aliphatic carbocycles. The van der Waals surface area contributed by atoms with Crippen molar-refractivity contribution in [3.8, 4) is 0 Å². The minimum atomic E-state index is -0.884. The van der Waals surface area contributed by atoms with Crippen LogP contribution in [0.4, 0.5) is 0 Å². The first-order chi connectivity index (χ1) is 11.0. The highest BCUT2D eigenvalue weighted by atomic mass is 79.9. The number of halogens is 1. The van der Waals surface area contributed by atoms with Gasteiger partial charge < -0.3 is 9.15 Å². The number of hydrogen-bond donors (Lipinski definition) is 0. The normalized spacial score (nSPS) is 10.7. The van der Waals surface area contributed by atoms with E-state index < -0.39 is 18.2 Å². The molecule has 0 radical (unpaired) electrons. The molecule has 3 rings (SSSR count). The second-order valence-electron chi connectivity index (χ2n) is 4.61. The largest absolute Gasteiger partial charge is 0.453 e. The van der Waals surface area contributed by atoms with Crippen LogP contribution in [0.3, 0.4) is 0 Å². The topological polar surface area (TPSA) is 73.6 Å². The molecule has 0 fully saturated rings. The molecule has 0 aliphatic rings. The van der Waals surface area contributed by atoms with Gasteiger partial charge in [-0.3, -0.25) is 4.79 Å². The number of Topliss-reactive ketones (excluding diaryl/α,β-unsaturated/α-hetero) is 1. The Balaban J connectivity index is 1.81. The number of thiophene rings is 1. The number of ketones is 1. The summed E-state index contributed by atoms with van der Waals surface area (Å²) in [6.45, 7) is -0.421. The Bertz CT molecular complexity index is 943. The summed E-state index contributed by atoms with van der Waals surface area (Å²) in [6.07, 6.45) is 0. The molecule has 0 atom stereocenters. The van der Waals surface area contributed by atoms with Gasteiger partial charge in [-0.15, -0.1) is 11.3 Å². The van der Waals surface area contributed by atoms with Gasteiger partial charge in [0.05, 0.1) is 4.88 Å². The zero-order valence-electron chi connectivity index (χ0n) is 11.6. The fourth-order valence-electron chi connectivity index (χ4n) is 1.95. The maximum Gasteiger partial charge on any atom is 0.351 e. The zero-order valence-corrected chi connectivity index (χ0v) is 14.0. The van der Waals surface area contributed by atoms with Crippen molar-refractivity contribution in [2.45, 2.75) is 0 Å². The van der Waals surface area contributed by atoms with Crippen LogP contribution in [-0.4, -0.2) is 18.4 Å². The van der Waals surface area contributed by atoms with Crippen LogP contribution in [0.25, 0.3) is 11.0 Å². The van der Waals surface area contributed by atoms with Crippen LogP contribution >= 0.6 is 27.3 Å². The van der Waals surface area contributed by atoms with Crippen LogP contribution in [0.5, 0.6) is 0 Å². The van der Waals surface area contributed by atoms with E-state index >= 15 is 0 Å². The molecule has 1 aromatic carbocycles. The van der Waals surface area contributed by atoms with Gasteiger partial charge in [0.1, 0.15) is 11.1 Å². The van der Waals surface area contributed by atoms with Gasteiger partial charge in [0.15, 0.2) is 6.61 Å². The lowest BCUT2D eigenvalue weighted by Gasteiger charge is -2.04. The number of fused-ring (bicyclic) bond motifs is 1. The predicted molar refractivity (Wildman–Crippen MR) is 89.1 cm³/mol. The van der Waals surface area contributed by atoms with Gasteiger partial charge >= 0.3 is 11.6 Å². The van der Waals surface area contributed by atoms with Gasteiger partial charge in [0, 0.05) is 9.86 Å². The maximum absolute atomic E-state index is 12.0. The van der Waals surface area contributed by atoms with E-state index in [2.05, 4.69) is 15.9 Å². The van der Waals surface area contributed by atoms with E-state index in [4.69, 9.17) is 9.15 Å². The van der Waals surface area contributed by atoms with Gasteiger partial charge in [-0.1, -0.05) is 22.0 Å². The number of hydrogen-bond acceptors (Lipinski definition) is 6. The molecule has 0 saturated heterocycles. The first kappa shape index (κ1) is 15.6. The lowest BCUT2D eigenvalue weighted by molar-refractivity contribution is 0.0472. The standard InChI is InChI=1S/C16H9BrO5S/c17-10-3-4-13-9(6-10)7-11(16(20)22-13)15(19)21-8-12(18)14-2-1-5-23-14/h1-7H,8H2. The quantitative estimate of drug-likeness (QED) is 0.384. The highest BCUT2D eigenvalue weighted by molar-refractivity contribution is 9.10. The smallest absolute Gasteiger partial charge is 0.351 e. The Labute approximate surface area is 142 Å². The van der Waals surface area contributed by atoms with Gasteiger partial charge in [-0.2, -0.15) is 0 Å². The van der Waals surface area contributed by atoms with E-state index in [1.54, 1.807) is 35.7 Å². The molecular weight excluding hydrogens is 384 g/mol. The van der Waals surface area contributed by atoms with Crippen LogP contribution in [-0.2, 0) is 4.74 Å². The Morgan fingerprint density at radius 2 is 2.04 bits per heavy atom. The van der Waals surface area contributed by atoms with Crippen LogP contribution in [0.2, 0.25) is 0 Å². The molecule has 0 aliphatic heterocycles. The molecule has 0 amide bonds. The number of carbonyl (C=O) groups is 2. The third kappa shape index (κ3) is 3.40. The number of carbonyl (C=O) groups excluding carboxylic acids is 2. The van der Waals surface area contributed by atoms with E-state index in [1.165, 1.54) is 17.4 Å². The van der Waals surface area contributed by atoms with Crippen molar-refractivity contribution < 1.29 is 18.7 Å². The van der Waals surface area contributed by atoms with Crippen LogP contribution in [0.1, 0.15) is 20.0 Å². The molecular formula is C16H9BrO5S. The Kier molecular flexibility index (Phi) is 4.40. The summed E-state index contributed by atoms with van der Waals surface area (Å²) in [4.78, 5) is 36.2. The Morgan fingerprint density at radius 3 is 2.78 bits per heavy atom. The van der Waals surface area contributed by atoms with Gasteiger partial charge in [0.2, 0.25) is 5.78 Å². The molecule has 0 saturated carbocycles. The lowest BCUT2D eigenvalue weighted by atomic mass is 10.2. The van der Waals surface area contributed by atoms with Crippen molar-refractivity contribution >= 4 is 50.0 Å². The second kappa shape index (κ2) is 6.47. The van der Waals surface area contributed by atoms with E-state index in [0.29, 0.717) is 15.8 Å². The fourth-order valence-corrected chi connectivity index (χ4v) is 2.98. The molecule has 0 bridgehead atoms. The molecule has 2 heterocycles. The summed E-state index contributed by atoms with van der Waals surface area (Å²) in [6, 6.07) is 9.83. The van der Waals surface area contributed by atoms with E-state index in [9.17, 15) is 14.4 Å². The third-order valence-electron chi connectivity index (χ3n) is 3.04. The first-order valence-electron chi connectivity index (χ1n) is 6.52. The van der Waals surface area contributed by atoms with Gasteiger partial charge in [-0.25, -0.2) is 9.59 Å². The molecule has 116 valence electrons. The van der Waals surface area contributed by atoms with Crippen molar-refractivity contribution in [3.63, 3.8) is 0 Å². The predicted octanol–water partition coefficient (Wildman–Crippen LogP) is 3.66. The molecule has 0 N–H and O–H groups in total. The van der Waals surface area contributed by atoms with Crippen molar-refractivity contribution in [3.05, 3.63) is 67.1 Å². The lowest BCUT2D eigenvalue weighted by Crippen LogP contribution is -2.19. The minimum Gasteiger partial charge on any atom is -0.453 e. The summed E-state index contributed by atoms with van der Waals surface area (Å²) in [5, 5.41) is 2.33. The molecule has 0 spiro atoms. The van der Waals surface area contributed by atoms with E-state index in [-0.39, 0.29) is 11.3 Å². The summed E-state index contributed by atoms with van der Waals surface area (Å²) >= 11 is 4.56. The van der Waals surface area contributed by atoms with Crippen molar-refractivity contribution in [2.75, 3.05) is 6.61 Å². The molecule has 7 heteroatoms. The van der Waals surface area contributed by atoms with Crippen molar-refractivity contribution in [1.82, 2.24) is 0 Å². The summed E-state index contributed by atoms with van der Waals surface area (Å²) in [7, 11) is 0. The minimum absolute atomic E-state index is 0.241. The Hall–Kier alpha value is -2.25. The molecule has 2 aromatic heterocycles. The second-order valence-corrected chi connectivity index (χ2v) is 6.47. The van der Waals surface area contributed by atoms with Crippen molar-refractivity contribution in [2.24, 2.45) is 0 Å². The molecule has 0 unspecified atom stereocenters. The van der Waals surface area contributed by atoms with Gasteiger partial charge in [-0.05, 0) is 35.7 Å². The summed E-state index contributed by atoms with van der Waals surface area (Å²) < 4.78 is 10.8. The zero-order chi connectivity index (χ0) is 16.4. The van der Waals surface area contributed by atoms with Crippen molar-refractivity contribution in [1.29, 1.82) is 0 Å². The van der Waals surface area contributed by atoms with Crippen LogP contribution < -0.4 is 5.63 Å². The van der Waals surface area contributed by atoms with E-state index in [0.717, 1.165) is 4.47 Å². The summed E-state index contributed by atoms with van der Waals surface area (Å²) in [5.74, 6) is -1.20. The third-order valence-corrected chi connectivity index (χ3v) is 4.45. The molecule has 5 nitrogen and oxygen atoms in total. The van der Waals surface area contributed by atoms with E-state index in [1.807, 2.05) is 0 Å². The number of rotatable bonds is 4.